The first-order valence-corrected chi connectivity index (χ1v) is 11.6. The van der Waals surface area contributed by atoms with Crippen LogP contribution in [0.3, 0.4) is 0 Å². The van der Waals surface area contributed by atoms with Gasteiger partial charge in [0.05, 0.1) is 6.42 Å². The molecule has 1 fully saturated rings. The summed E-state index contributed by atoms with van der Waals surface area (Å²) in [6, 6.07) is 8.17. The Balaban J connectivity index is 1.51. The molecule has 2 atom stereocenters. The molecule has 1 aromatic rings. The minimum absolute atomic E-state index is 0.00938. The van der Waals surface area contributed by atoms with Crippen molar-refractivity contribution in [2.45, 2.75) is 77.0 Å². The van der Waals surface area contributed by atoms with E-state index in [2.05, 4.69) is 11.0 Å². The highest BCUT2D eigenvalue weighted by molar-refractivity contribution is 6.09. The monoisotopic (exact) mass is 424 g/mol. The third kappa shape index (κ3) is 4.90. The highest BCUT2D eigenvalue weighted by atomic mass is 16.6. The summed E-state index contributed by atoms with van der Waals surface area (Å²) in [5, 5.41) is 0. The molecule has 166 valence electrons. The van der Waals surface area contributed by atoms with E-state index in [9.17, 15) is 14.4 Å². The first kappa shape index (κ1) is 21.8. The van der Waals surface area contributed by atoms with Gasteiger partial charge in [0.25, 0.3) is 5.91 Å². The van der Waals surface area contributed by atoms with E-state index in [1.54, 1.807) is 0 Å². The number of ether oxygens (including phenoxy) is 1. The lowest BCUT2D eigenvalue weighted by Crippen LogP contribution is -2.39. The minimum Gasteiger partial charge on any atom is -0.446 e. The Morgan fingerprint density at radius 2 is 1.74 bits per heavy atom. The fourth-order valence-electron chi connectivity index (χ4n) is 5.00. The van der Waals surface area contributed by atoms with Gasteiger partial charge in [0.1, 0.15) is 5.78 Å². The van der Waals surface area contributed by atoms with Crippen LogP contribution in [-0.4, -0.2) is 52.8 Å². The number of carbonyl (C=O) groups excluding carboxylic acids is 3. The Hall–Kier alpha value is -2.47. The maximum absolute atomic E-state index is 13.0. The van der Waals surface area contributed by atoms with Gasteiger partial charge in [0.15, 0.2) is 6.23 Å². The fourth-order valence-corrected chi connectivity index (χ4v) is 5.00. The van der Waals surface area contributed by atoms with Crippen molar-refractivity contribution in [1.29, 1.82) is 0 Å². The predicted molar refractivity (Wildman–Crippen MR) is 118 cm³/mol. The van der Waals surface area contributed by atoms with Crippen LogP contribution in [0, 0.1) is 0 Å². The SMILES string of the molecule is CC(=O)CCC(=O)O[C@H]1CC[C@H]2C/C=C3/c4ccccc4C(=O)N3CCCCCCN21. The average molecular weight is 425 g/mol. The van der Waals surface area contributed by atoms with Crippen LogP contribution in [0.15, 0.2) is 30.3 Å². The minimum atomic E-state index is -0.285. The maximum Gasteiger partial charge on any atom is 0.307 e. The van der Waals surface area contributed by atoms with Crippen molar-refractivity contribution in [3.8, 4) is 0 Å². The molecule has 1 aromatic carbocycles. The standard InChI is InChI=1S/C25H32N2O4/c1-18(28)10-15-24(29)31-23-14-12-19-11-13-22-20-8-4-5-9-21(20)25(30)27(22)17-7-3-2-6-16-26(19)23/h4-5,8-9,13,19,23H,2-3,6-7,10-12,14-17H2,1H3/b22-13-/t19-,23+/m1/s1. The number of esters is 1. The van der Waals surface area contributed by atoms with E-state index in [-0.39, 0.29) is 36.7 Å². The first-order chi connectivity index (χ1) is 15.0. The summed E-state index contributed by atoms with van der Waals surface area (Å²) in [4.78, 5) is 40.6. The summed E-state index contributed by atoms with van der Waals surface area (Å²) < 4.78 is 5.77. The molecule has 0 aliphatic carbocycles. The van der Waals surface area contributed by atoms with Crippen LogP contribution in [0.5, 0.6) is 0 Å². The molecule has 0 N–H and O–H groups in total. The van der Waals surface area contributed by atoms with Crippen molar-refractivity contribution in [3.05, 3.63) is 41.5 Å². The third-order valence-electron chi connectivity index (χ3n) is 6.64. The lowest BCUT2D eigenvalue weighted by atomic mass is 10.0. The van der Waals surface area contributed by atoms with Crippen molar-refractivity contribution >= 4 is 23.4 Å². The van der Waals surface area contributed by atoms with Crippen LogP contribution >= 0.6 is 0 Å². The van der Waals surface area contributed by atoms with Crippen molar-refractivity contribution < 1.29 is 19.1 Å². The highest BCUT2D eigenvalue weighted by Crippen LogP contribution is 2.35. The van der Waals surface area contributed by atoms with E-state index in [4.69, 9.17) is 4.74 Å². The maximum atomic E-state index is 13.0. The Bertz CT molecular complexity index is 878. The molecule has 1 amide bonds. The second-order valence-corrected chi connectivity index (χ2v) is 8.86. The summed E-state index contributed by atoms with van der Waals surface area (Å²) >= 11 is 0. The van der Waals surface area contributed by atoms with Gasteiger partial charge in [-0.3, -0.25) is 14.5 Å². The predicted octanol–water partition coefficient (Wildman–Crippen LogP) is 4.15. The van der Waals surface area contributed by atoms with Crippen LogP contribution in [-0.2, 0) is 14.3 Å². The van der Waals surface area contributed by atoms with Crippen LogP contribution in [0.4, 0.5) is 0 Å². The van der Waals surface area contributed by atoms with Crippen LogP contribution in [0.1, 0.15) is 80.6 Å². The number of carbonyl (C=O) groups is 3. The number of benzene rings is 1. The average Bonchev–Trinajstić information content (AvgIpc) is 3.24. The largest absolute Gasteiger partial charge is 0.446 e. The van der Waals surface area contributed by atoms with Gasteiger partial charge >= 0.3 is 5.97 Å². The van der Waals surface area contributed by atoms with E-state index < -0.39 is 0 Å². The van der Waals surface area contributed by atoms with Crippen molar-refractivity contribution in [2.24, 2.45) is 0 Å². The molecule has 0 bridgehead atoms. The number of amides is 1. The quantitative estimate of drug-likeness (QED) is 0.680. The molecule has 6 heteroatoms. The summed E-state index contributed by atoms with van der Waals surface area (Å²) in [5.41, 5.74) is 2.86. The first-order valence-electron chi connectivity index (χ1n) is 11.6. The molecule has 3 aliphatic heterocycles. The number of hydrogen-bond acceptors (Lipinski definition) is 5. The van der Waals surface area contributed by atoms with Gasteiger partial charge in [0, 0.05) is 42.4 Å². The zero-order chi connectivity index (χ0) is 21.8. The molecule has 0 radical (unpaired) electrons. The summed E-state index contributed by atoms with van der Waals surface area (Å²) in [7, 11) is 0. The Kier molecular flexibility index (Phi) is 6.86. The number of nitrogens with zero attached hydrogens (tertiary/aromatic N) is 2. The van der Waals surface area contributed by atoms with E-state index in [0.717, 1.165) is 74.9 Å². The summed E-state index contributed by atoms with van der Waals surface area (Å²) in [6.07, 6.45) is 9.23. The van der Waals surface area contributed by atoms with E-state index >= 15 is 0 Å². The van der Waals surface area contributed by atoms with E-state index in [1.807, 2.05) is 29.2 Å². The Morgan fingerprint density at radius 1 is 1.00 bits per heavy atom. The van der Waals surface area contributed by atoms with E-state index in [1.165, 1.54) is 6.92 Å². The normalized spacial score (nSPS) is 26.0. The summed E-state index contributed by atoms with van der Waals surface area (Å²) in [6.45, 7) is 3.18. The number of ketones is 1. The lowest BCUT2D eigenvalue weighted by molar-refractivity contribution is -0.158. The van der Waals surface area contributed by atoms with Gasteiger partial charge in [0.2, 0.25) is 0 Å². The topological polar surface area (TPSA) is 66.9 Å². The zero-order valence-corrected chi connectivity index (χ0v) is 18.3. The van der Waals surface area contributed by atoms with E-state index in [0.29, 0.717) is 6.04 Å². The molecular formula is C25H32N2O4. The number of fused-ring (bicyclic) bond motifs is 4. The lowest BCUT2D eigenvalue weighted by Gasteiger charge is -2.30. The fraction of sp³-hybridized carbons (Fsp3) is 0.560. The zero-order valence-electron chi connectivity index (χ0n) is 18.3. The van der Waals surface area contributed by atoms with Crippen molar-refractivity contribution in [3.63, 3.8) is 0 Å². The molecule has 0 aromatic heterocycles. The Labute approximate surface area is 184 Å². The van der Waals surface area contributed by atoms with Crippen molar-refractivity contribution in [2.75, 3.05) is 13.1 Å². The number of rotatable bonds is 4. The molecule has 0 unspecified atom stereocenters. The van der Waals surface area contributed by atoms with Crippen LogP contribution in [0.2, 0.25) is 0 Å². The highest BCUT2D eigenvalue weighted by Gasteiger charge is 2.36. The molecular weight excluding hydrogens is 392 g/mol. The molecule has 0 saturated carbocycles. The molecule has 1 saturated heterocycles. The van der Waals surface area contributed by atoms with Crippen LogP contribution < -0.4 is 0 Å². The molecule has 0 spiro atoms. The number of Topliss-reactive ketones (excluding diaryl/α,β-unsaturated/α-hetero) is 1. The smallest absolute Gasteiger partial charge is 0.307 e. The molecule has 3 heterocycles. The molecule has 4 rings (SSSR count). The third-order valence-corrected chi connectivity index (χ3v) is 6.64. The Morgan fingerprint density at radius 3 is 2.52 bits per heavy atom. The van der Waals surface area contributed by atoms with Crippen LogP contribution in [0.25, 0.3) is 5.70 Å². The molecule has 31 heavy (non-hydrogen) atoms. The summed E-state index contributed by atoms with van der Waals surface area (Å²) in [5.74, 6) is -0.165. The molecule has 6 nitrogen and oxygen atoms in total. The van der Waals surface area contributed by atoms with Gasteiger partial charge in [-0.1, -0.05) is 37.1 Å². The second kappa shape index (κ2) is 9.77. The second-order valence-electron chi connectivity index (χ2n) is 8.86. The van der Waals surface area contributed by atoms with Crippen molar-refractivity contribution in [1.82, 2.24) is 9.80 Å². The van der Waals surface area contributed by atoms with Gasteiger partial charge in [-0.15, -0.1) is 0 Å². The number of hydrogen-bond donors (Lipinski definition) is 0. The molecule has 3 aliphatic rings. The van der Waals surface area contributed by atoms with Gasteiger partial charge in [-0.25, -0.2) is 0 Å². The van der Waals surface area contributed by atoms with Gasteiger partial charge in [-0.2, -0.15) is 0 Å². The van der Waals surface area contributed by atoms with Gasteiger partial charge < -0.3 is 14.4 Å². The van der Waals surface area contributed by atoms with Gasteiger partial charge in [-0.05, 0) is 45.1 Å².